The summed E-state index contributed by atoms with van der Waals surface area (Å²) in [4.78, 5) is 25.2. The Labute approximate surface area is 274 Å². The molecule has 3 aromatic carbocycles. The van der Waals surface area contributed by atoms with E-state index in [-0.39, 0.29) is 18.1 Å². The summed E-state index contributed by atoms with van der Waals surface area (Å²) in [5, 5.41) is 9.13. The van der Waals surface area contributed by atoms with Gasteiger partial charge < -0.3 is 23.5 Å². The maximum Gasteiger partial charge on any atom is 0.338 e. The molecule has 0 saturated carbocycles. The third kappa shape index (κ3) is 6.00. The van der Waals surface area contributed by atoms with Crippen molar-refractivity contribution in [2.45, 2.75) is 38.0 Å². The minimum absolute atomic E-state index is 0.187. The van der Waals surface area contributed by atoms with Crippen LogP contribution >= 0.6 is 11.3 Å². The molecule has 2 aliphatic heterocycles. The van der Waals surface area contributed by atoms with Crippen molar-refractivity contribution in [1.82, 2.24) is 19.4 Å². The van der Waals surface area contributed by atoms with E-state index in [9.17, 15) is 9.18 Å². The summed E-state index contributed by atoms with van der Waals surface area (Å²) in [6, 6.07) is 15.8. The first-order valence-electron chi connectivity index (χ1n) is 15.3. The van der Waals surface area contributed by atoms with Gasteiger partial charge in [-0.15, -0.1) is 11.3 Å². The molecule has 0 radical (unpaired) electrons. The molecule has 47 heavy (non-hydrogen) atoms. The second kappa shape index (κ2) is 13.0. The summed E-state index contributed by atoms with van der Waals surface area (Å²) >= 11 is 1.57. The lowest BCUT2D eigenvalue weighted by molar-refractivity contribution is 0.0600. The van der Waals surface area contributed by atoms with Crippen molar-refractivity contribution in [2.75, 3.05) is 33.9 Å². The molecule has 1 fully saturated rings. The van der Waals surface area contributed by atoms with E-state index >= 15 is 0 Å². The number of nitrogens with zero attached hydrogens (tertiary/aromatic N) is 5. The number of methoxy groups -OCH3 is 2. The summed E-state index contributed by atoms with van der Waals surface area (Å²) < 4.78 is 40.1. The molecule has 0 aliphatic carbocycles. The van der Waals surface area contributed by atoms with E-state index in [1.165, 1.54) is 13.2 Å². The number of carbonyl (C=O) groups is 1. The molecule has 0 bridgehead atoms. The number of ether oxygens (including phenoxy) is 4. The van der Waals surface area contributed by atoms with Gasteiger partial charge in [0.15, 0.2) is 17.6 Å². The zero-order chi connectivity index (χ0) is 32.5. The molecule has 12 heteroatoms. The van der Waals surface area contributed by atoms with E-state index in [0.717, 1.165) is 47.7 Å². The van der Waals surface area contributed by atoms with Gasteiger partial charge in [0.05, 0.1) is 55.5 Å². The minimum Gasteiger partial charge on any atom is -0.494 e. The standard InChI is InChI=1S/C35H32FN5O5S/c1-43-30-14-23(35(42)44-2)13-28-33(30)39-32(41(28)17-24-16-38-20-47-24)18-40-10-8-22(9-11-40)25-4-3-5-29-34(25)46-31(19-45-29)26-7-6-21(15-37)12-27(26)36/h3-7,12-14,16,20,22,31H,8-11,17-19H2,1-2H3/t31-/m1/s1. The highest BCUT2D eigenvalue weighted by Crippen LogP contribution is 2.45. The molecule has 10 nitrogen and oxygen atoms in total. The van der Waals surface area contributed by atoms with Gasteiger partial charge in [0, 0.05) is 22.2 Å². The predicted octanol–water partition coefficient (Wildman–Crippen LogP) is 6.24. The average molecular weight is 654 g/mol. The number of hydrogen-bond acceptors (Lipinski definition) is 10. The van der Waals surface area contributed by atoms with E-state index in [0.29, 0.717) is 47.0 Å². The van der Waals surface area contributed by atoms with Crippen LogP contribution in [0.4, 0.5) is 4.39 Å². The molecular weight excluding hydrogens is 621 g/mol. The van der Waals surface area contributed by atoms with Crippen molar-refractivity contribution in [2.24, 2.45) is 0 Å². The fourth-order valence-corrected chi connectivity index (χ4v) is 7.04. The first-order valence-corrected chi connectivity index (χ1v) is 16.2. The Morgan fingerprint density at radius 2 is 1.98 bits per heavy atom. The number of nitriles is 1. The molecule has 0 N–H and O–H groups in total. The normalized spacial score (nSPS) is 16.6. The largest absolute Gasteiger partial charge is 0.494 e. The number of carbonyl (C=O) groups excluding carboxylic acids is 1. The lowest BCUT2D eigenvalue weighted by atomic mass is 9.88. The third-order valence-corrected chi connectivity index (χ3v) is 9.63. The van der Waals surface area contributed by atoms with Crippen molar-refractivity contribution in [3.63, 3.8) is 0 Å². The first kappa shape index (κ1) is 30.7. The van der Waals surface area contributed by atoms with Crippen LogP contribution in [0.3, 0.4) is 0 Å². The van der Waals surface area contributed by atoms with Crippen LogP contribution < -0.4 is 14.2 Å². The Morgan fingerprint density at radius 3 is 2.70 bits per heavy atom. The van der Waals surface area contributed by atoms with Crippen LogP contribution in [0.2, 0.25) is 0 Å². The monoisotopic (exact) mass is 653 g/mol. The predicted molar refractivity (Wildman–Crippen MR) is 173 cm³/mol. The van der Waals surface area contributed by atoms with Crippen molar-refractivity contribution in [3.8, 4) is 23.3 Å². The van der Waals surface area contributed by atoms with Crippen LogP contribution in [-0.2, 0) is 17.8 Å². The minimum atomic E-state index is -0.611. The van der Waals surface area contributed by atoms with Crippen LogP contribution in [0.15, 0.2) is 60.2 Å². The van der Waals surface area contributed by atoms with Crippen LogP contribution in [-0.4, -0.2) is 59.3 Å². The van der Waals surface area contributed by atoms with Crippen molar-refractivity contribution in [3.05, 3.63) is 99.0 Å². The van der Waals surface area contributed by atoms with Crippen molar-refractivity contribution in [1.29, 1.82) is 5.26 Å². The van der Waals surface area contributed by atoms with E-state index in [1.807, 2.05) is 30.5 Å². The summed E-state index contributed by atoms with van der Waals surface area (Å²) in [6.07, 6.45) is 3.01. The Hall–Kier alpha value is -4.99. The number of benzene rings is 3. The number of piperidine rings is 1. The summed E-state index contributed by atoms with van der Waals surface area (Å²) in [7, 11) is 2.93. The number of halogens is 1. The number of para-hydroxylation sites is 1. The fourth-order valence-electron chi connectivity index (χ4n) is 6.45. The fraction of sp³-hybridized carbons (Fsp3) is 0.314. The Balaban J connectivity index is 1.11. The molecule has 1 atom stereocenters. The van der Waals surface area contributed by atoms with Gasteiger partial charge in [0.25, 0.3) is 0 Å². The summed E-state index contributed by atoms with van der Waals surface area (Å²) in [5.41, 5.74) is 5.38. The molecule has 0 amide bonds. The van der Waals surface area contributed by atoms with Crippen molar-refractivity contribution >= 4 is 28.3 Å². The number of imidazole rings is 1. The van der Waals surface area contributed by atoms with E-state index in [1.54, 1.807) is 42.2 Å². The zero-order valence-electron chi connectivity index (χ0n) is 25.9. The van der Waals surface area contributed by atoms with Gasteiger partial charge in [0.2, 0.25) is 0 Å². The van der Waals surface area contributed by atoms with E-state index in [2.05, 4.69) is 20.5 Å². The molecule has 2 aliphatic rings. The number of likely N-dealkylation sites (tertiary alicyclic amines) is 1. The number of aromatic nitrogens is 3. The van der Waals surface area contributed by atoms with Gasteiger partial charge >= 0.3 is 5.97 Å². The summed E-state index contributed by atoms with van der Waals surface area (Å²) in [5.74, 6) is 2.01. The molecule has 2 aromatic heterocycles. The highest BCUT2D eigenvalue weighted by atomic mass is 32.1. The van der Waals surface area contributed by atoms with Gasteiger partial charge in [-0.25, -0.2) is 14.2 Å². The second-order valence-corrected chi connectivity index (χ2v) is 12.6. The molecule has 1 saturated heterocycles. The molecule has 0 spiro atoms. The number of esters is 1. The average Bonchev–Trinajstić information content (AvgIpc) is 3.75. The van der Waals surface area contributed by atoms with Crippen LogP contribution in [0, 0.1) is 17.1 Å². The quantitative estimate of drug-likeness (QED) is 0.180. The maximum absolute atomic E-state index is 14.9. The molecule has 4 heterocycles. The topological polar surface area (TPSA) is 112 Å². The van der Waals surface area contributed by atoms with Gasteiger partial charge in [-0.05, 0) is 62.2 Å². The number of hydrogen-bond donors (Lipinski definition) is 0. The Kier molecular flexibility index (Phi) is 8.49. The van der Waals surface area contributed by atoms with Gasteiger partial charge in [-0.1, -0.05) is 18.2 Å². The van der Waals surface area contributed by atoms with Crippen LogP contribution in [0.25, 0.3) is 11.0 Å². The molecule has 240 valence electrons. The Morgan fingerprint density at radius 1 is 1.13 bits per heavy atom. The van der Waals surface area contributed by atoms with Crippen LogP contribution in [0.5, 0.6) is 17.2 Å². The van der Waals surface area contributed by atoms with Gasteiger partial charge in [-0.3, -0.25) is 9.88 Å². The van der Waals surface area contributed by atoms with Crippen molar-refractivity contribution < 1.29 is 28.1 Å². The first-order chi connectivity index (χ1) is 22.9. The highest BCUT2D eigenvalue weighted by molar-refractivity contribution is 7.09. The summed E-state index contributed by atoms with van der Waals surface area (Å²) in [6.45, 7) is 3.03. The highest BCUT2D eigenvalue weighted by Gasteiger charge is 2.31. The van der Waals surface area contributed by atoms with Gasteiger partial charge in [0.1, 0.15) is 29.5 Å². The number of rotatable bonds is 8. The van der Waals surface area contributed by atoms with Crippen LogP contribution in [0.1, 0.15) is 62.6 Å². The molecule has 5 aromatic rings. The Bertz CT molecular complexity index is 1980. The molecule has 0 unspecified atom stereocenters. The number of fused-ring (bicyclic) bond motifs is 2. The lowest BCUT2D eigenvalue weighted by Crippen LogP contribution is -2.34. The molecular formula is C35H32FN5O5S. The van der Waals surface area contributed by atoms with Gasteiger partial charge in [-0.2, -0.15) is 5.26 Å². The van der Waals surface area contributed by atoms with E-state index in [4.69, 9.17) is 29.2 Å². The maximum atomic E-state index is 14.9. The number of thiazole rings is 1. The van der Waals surface area contributed by atoms with E-state index < -0.39 is 17.9 Å². The SMILES string of the molecule is COC(=O)c1cc(OC)c2nc(CN3CCC(c4cccc5c4O[C@@H](c4ccc(C#N)cc4F)CO5)CC3)n(Cc3cncs3)c2c1. The second-order valence-electron chi connectivity index (χ2n) is 11.6. The molecule has 7 rings (SSSR count). The lowest BCUT2D eigenvalue weighted by Gasteiger charge is -2.35. The zero-order valence-corrected chi connectivity index (χ0v) is 26.8. The third-order valence-electron chi connectivity index (χ3n) is 8.87. The smallest absolute Gasteiger partial charge is 0.338 e.